The van der Waals surface area contributed by atoms with Crippen LogP contribution < -0.4 is 0 Å². The van der Waals surface area contributed by atoms with Crippen LogP contribution in [0.2, 0.25) is 0 Å². The maximum absolute atomic E-state index is 5.72. The highest BCUT2D eigenvalue weighted by atomic mass is 16.6. The van der Waals surface area contributed by atoms with Gasteiger partial charge in [0.25, 0.3) is 0 Å². The fourth-order valence-electron chi connectivity index (χ4n) is 4.36. The fraction of sp³-hybridized carbons (Fsp3) is 1.00. The Balaban J connectivity index is 0.000000131. The van der Waals surface area contributed by atoms with Gasteiger partial charge in [0.2, 0.25) is 0 Å². The van der Waals surface area contributed by atoms with Crippen LogP contribution in [0.5, 0.6) is 0 Å². The van der Waals surface area contributed by atoms with E-state index in [2.05, 4.69) is 27.7 Å². The first kappa shape index (κ1) is 16.8. The summed E-state index contributed by atoms with van der Waals surface area (Å²) in [5, 5.41) is 0. The summed E-state index contributed by atoms with van der Waals surface area (Å²) in [6.07, 6.45) is 2.27. The highest BCUT2D eigenvalue weighted by Crippen LogP contribution is 2.46. The Hall–Kier alpha value is -0.0301. The summed E-state index contributed by atoms with van der Waals surface area (Å²) in [6, 6.07) is -0.391. The Bertz CT molecular complexity index is 385. The maximum atomic E-state index is 5.72. The van der Waals surface area contributed by atoms with E-state index in [0.29, 0.717) is 11.8 Å². The van der Waals surface area contributed by atoms with Crippen LogP contribution in [0, 0.1) is 11.8 Å². The Kier molecular flexibility index (Phi) is 4.43. The zero-order chi connectivity index (χ0) is 16.1. The van der Waals surface area contributed by atoms with E-state index in [1.165, 1.54) is 0 Å². The van der Waals surface area contributed by atoms with Gasteiger partial charge in [-0.3, -0.25) is 0 Å². The van der Waals surface area contributed by atoms with Crippen molar-refractivity contribution in [3.05, 3.63) is 0 Å². The largest absolute Gasteiger partial charge is 0.376 e. The van der Waals surface area contributed by atoms with Crippen LogP contribution in [-0.2, 0) is 18.9 Å². The van der Waals surface area contributed by atoms with Gasteiger partial charge in [0.05, 0.1) is 36.6 Å². The van der Waals surface area contributed by atoms with Gasteiger partial charge in [-0.2, -0.15) is 0 Å². The summed E-state index contributed by atoms with van der Waals surface area (Å²) >= 11 is 0. The molecule has 0 aromatic carbocycles. The average molecular weight is 304 g/mol. The standard InChI is InChI=1S/2C8H13BO2/c2*1-3-8-4-10-6(5(8)2)7(9)11-8/h2*5-7H,3-4H2,1-2H3/t5?,6-,7+,8-;5?,6-,7-,8-/m01/s1. The van der Waals surface area contributed by atoms with Gasteiger partial charge >= 0.3 is 0 Å². The molecule has 4 rings (SSSR count). The van der Waals surface area contributed by atoms with Crippen LogP contribution in [-0.4, -0.2) is 64.3 Å². The van der Waals surface area contributed by atoms with Crippen LogP contribution in [0.1, 0.15) is 40.5 Å². The van der Waals surface area contributed by atoms with Gasteiger partial charge in [0.1, 0.15) is 15.7 Å². The molecule has 0 spiro atoms. The van der Waals surface area contributed by atoms with Crippen molar-refractivity contribution in [2.45, 2.75) is 76.0 Å². The quantitative estimate of drug-likeness (QED) is 0.723. The number of hydrogen-bond acceptors (Lipinski definition) is 4. The number of ether oxygens (including phenoxy) is 4. The fourth-order valence-corrected chi connectivity index (χ4v) is 4.36. The molecule has 4 bridgehead atoms. The molecule has 0 aromatic rings. The van der Waals surface area contributed by atoms with E-state index in [1.54, 1.807) is 0 Å². The van der Waals surface area contributed by atoms with Crippen molar-refractivity contribution in [2.24, 2.45) is 11.8 Å². The lowest BCUT2D eigenvalue weighted by Gasteiger charge is -2.29. The third-order valence-electron chi connectivity index (χ3n) is 6.27. The Morgan fingerprint density at radius 3 is 1.32 bits per heavy atom. The van der Waals surface area contributed by atoms with Crippen molar-refractivity contribution in [1.29, 1.82) is 0 Å². The van der Waals surface area contributed by atoms with E-state index in [0.717, 1.165) is 26.1 Å². The predicted octanol–water partition coefficient (Wildman–Crippen LogP) is 1.39. The highest BCUT2D eigenvalue weighted by Gasteiger charge is 2.56. The van der Waals surface area contributed by atoms with E-state index in [9.17, 15) is 0 Å². The molecule has 2 unspecified atom stereocenters. The first-order valence-corrected chi connectivity index (χ1v) is 8.49. The van der Waals surface area contributed by atoms with Gasteiger partial charge in [-0.25, -0.2) is 0 Å². The molecule has 22 heavy (non-hydrogen) atoms. The van der Waals surface area contributed by atoms with Gasteiger partial charge < -0.3 is 18.9 Å². The van der Waals surface area contributed by atoms with Crippen LogP contribution in [0.25, 0.3) is 0 Å². The van der Waals surface area contributed by atoms with Gasteiger partial charge in [0.15, 0.2) is 0 Å². The molecular weight excluding hydrogens is 278 g/mol. The van der Waals surface area contributed by atoms with E-state index >= 15 is 0 Å². The molecule has 0 amide bonds. The minimum absolute atomic E-state index is 0.0654. The third kappa shape index (κ3) is 2.29. The van der Waals surface area contributed by atoms with Gasteiger partial charge in [0, 0.05) is 23.8 Å². The number of fused-ring (bicyclic) bond motifs is 4. The highest BCUT2D eigenvalue weighted by molar-refractivity contribution is 6.12. The molecular formula is C16H26B2O4. The molecule has 4 nitrogen and oxygen atoms in total. The van der Waals surface area contributed by atoms with E-state index < -0.39 is 0 Å². The molecule has 0 aromatic heterocycles. The van der Waals surface area contributed by atoms with E-state index in [1.807, 2.05) is 0 Å². The van der Waals surface area contributed by atoms with Gasteiger partial charge in [-0.1, -0.05) is 27.7 Å². The second kappa shape index (κ2) is 5.80. The first-order chi connectivity index (χ1) is 10.4. The topological polar surface area (TPSA) is 36.9 Å². The van der Waals surface area contributed by atoms with E-state index in [4.69, 9.17) is 34.6 Å². The maximum Gasteiger partial charge on any atom is 0.112 e. The van der Waals surface area contributed by atoms with Crippen LogP contribution in [0.4, 0.5) is 0 Å². The zero-order valence-electron chi connectivity index (χ0n) is 14.1. The van der Waals surface area contributed by atoms with Crippen molar-refractivity contribution in [2.75, 3.05) is 13.2 Å². The van der Waals surface area contributed by atoms with Crippen LogP contribution >= 0.6 is 0 Å². The molecule has 120 valence electrons. The minimum Gasteiger partial charge on any atom is -0.376 e. The number of hydrogen-bond donors (Lipinski definition) is 0. The summed E-state index contributed by atoms with van der Waals surface area (Å²) in [5.74, 6) is 0.921. The summed E-state index contributed by atoms with van der Waals surface area (Å²) in [6.45, 7) is 10.0. The Labute approximate surface area is 136 Å². The van der Waals surface area contributed by atoms with Crippen molar-refractivity contribution in [3.63, 3.8) is 0 Å². The average Bonchev–Trinajstić information content (AvgIpc) is 3.15. The normalized spacial score (nSPS) is 55.3. The Morgan fingerprint density at radius 1 is 0.818 bits per heavy atom. The molecule has 4 aliphatic rings. The van der Waals surface area contributed by atoms with Crippen molar-refractivity contribution < 1.29 is 18.9 Å². The molecule has 4 radical (unpaired) electrons. The molecule has 6 heteroatoms. The summed E-state index contributed by atoms with van der Waals surface area (Å²) in [5.41, 5.74) is -0.131. The zero-order valence-corrected chi connectivity index (χ0v) is 14.1. The molecule has 0 saturated carbocycles. The molecule has 4 fully saturated rings. The van der Waals surface area contributed by atoms with Crippen LogP contribution in [0.3, 0.4) is 0 Å². The number of rotatable bonds is 2. The minimum atomic E-state index is -0.196. The molecule has 4 saturated heterocycles. The summed E-state index contributed by atoms with van der Waals surface area (Å²) in [4.78, 5) is 0. The molecule has 8 atom stereocenters. The van der Waals surface area contributed by atoms with Crippen LogP contribution in [0.15, 0.2) is 0 Å². The van der Waals surface area contributed by atoms with Gasteiger partial charge in [-0.15, -0.1) is 0 Å². The monoisotopic (exact) mass is 304 g/mol. The van der Waals surface area contributed by atoms with Crippen molar-refractivity contribution >= 4 is 15.7 Å². The van der Waals surface area contributed by atoms with Crippen molar-refractivity contribution in [1.82, 2.24) is 0 Å². The second-order valence-corrected chi connectivity index (χ2v) is 7.13. The molecule has 0 aliphatic carbocycles. The molecule has 4 heterocycles. The summed E-state index contributed by atoms with van der Waals surface area (Å²) in [7, 11) is 11.4. The van der Waals surface area contributed by atoms with Crippen molar-refractivity contribution in [3.8, 4) is 0 Å². The SMILES string of the molecule is [B][C@@H]1O[C@@]2(CC)CO[C@H]1C2C.[B][C@@H]1O[C@]2(CC)CO[C@@H]1C2C. The second-order valence-electron chi connectivity index (χ2n) is 7.13. The summed E-state index contributed by atoms with van der Waals surface area (Å²) < 4.78 is 22.4. The molecule has 0 N–H and O–H groups in total. The smallest absolute Gasteiger partial charge is 0.112 e. The lowest BCUT2D eigenvalue weighted by atomic mass is 9.85. The third-order valence-corrected chi connectivity index (χ3v) is 6.27. The van der Waals surface area contributed by atoms with E-state index in [-0.39, 0.29) is 35.4 Å². The van der Waals surface area contributed by atoms with Gasteiger partial charge in [-0.05, 0) is 12.8 Å². The predicted molar refractivity (Wildman–Crippen MR) is 85.1 cm³/mol. The lowest BCUT2D eigenvalue weighted by Crippen LogP contribution is -2.37. The molecule has 4 aliphatic heterocycles. The Morgan fingerprint density at radius 2 is 1.18 bits per heavy atom. The lowest BCUT2D eigenvalue weighted by molar-refractivity contribution is -0.115. The first-order valence-electron chi connectivity index (χ1n) is 8.49.